The average Bonchev–Trinajstić information content (AvgIpc) is 2.95. The molecule has 3 amide bonds. The van der Waals surface area contributed by atoms with Crippen LogP contribution < -0.4 is 16.0 Å². The van der Waals surface area contributed by atoms with E-state index in [1.54, 1.807) is 54.6 Å². The number of nitrogens with one attached hydrogen (secondary N) is 3. The summed E-state index contributed by atoms with van der Waals surface area (Å²) in [7, 11) is 0. The molecule has 42 heavy (non-hydrogen) atoms. The highest BCUT2D eigenvalue weighted by molar-refractivity contribution is 6.36. The van der Waals surface area contributed by atoms with Crippen molar-refractivity contribution in [2.24, 2.45) is 0 Å². The van der Waals surface area contributed by atoms with Crippen molar-refractivity contribution in [1.29, 1.82) is 0 Å². The summed E-state index contributed by atoms with van der Waals surface area (Å²) in [5.41, 5.74) is 2.19. The maximum atomic E-state index is 13.2. The molecular weight excluding hydrogens is 663 g/mol. The summed E-state index contributed by atoms with van der Waals surface area (Å²) in [6.45, 7) is 0.283. The predicted octanol–water partition coefficient (Wildman–Crippen LogP) is 8.40. The van der Waals surface area contributed by atoms with Gasteiger partial charge in [-0.3, -0.25) is 14.4 Å². The van der Waals surface area contributed by atoms with Crippen molar-refractivity contribution in [2.45, 2.75) is 19.6 Å². The smallest absolute Gasteiger partial charge is 0.251 e. The van der Waals surface area contributed by atoms with Crippen LogP contribution in [0.3, 0.4) is 0 Å². The standard InChI is InChI=1S/C30H21Cl6N3O3/c31-22-4-1-16(25(34)10-22)13-37-28(40)19-7-20(29(41)38-14-17-2-5-23(32)11-26(17)35)9-21(8-19)30(42)39-15-18-3-6-24(33)12-27(18)36/h1-12H,13-15H2,(H,37,40)(H,38,41)(H,39,42). The van der Waals surface area contributed by atoms with Gasteiger partial charge in [-0.1, -0.05) is 87.8 Å². The molecule has 0 saturated carbocycles. The maximum Gasteiger partial charge on any atom is 0.251 e. The first-order valence-electron chi connectivity index (χ1n) is 12.3. The lowest BCUT2D eigenvalue weighted by Crippen LogP contribution is -2.28. The van der Waals surface area contributed by atoms with Gasteiger partial charge in [-0.05, 0) is 71.3 Å². The van der Waals surface area contributed by atoms with Crippen molar-refractivity contribution >= 4 is 87.3 Å². The van der Waals surface area contributed by atoms with E-state index in [0.717, 1.165) is 0 Å². The number of benzene rings is 4. The van der Waals surface area contributed by atoms with Gasteiger partial charge in [0.2, 0.25) is 0 Å². The van der Waals surface area contributed by atoms with Crippen molar-refractivity contribution in [2.75, 3.05) is 0 Å². The molecule has 4 aromatic rings. The van der Waals surface area contributed by atoms with E-state index in [0.29, 0.717) is 46.8 Å². The minimum Gasteiger partial charge on any atom is -0.348 e. The Kier molecular flexibility index (Phi) is 11.0. The van der Waals surface area contributed by atoms with Crippen LogP contribution in [0.5, 0.6) is 0 Å². The molecule has 3 N–H and O–H groups in total. The fourth-order valence-electron chi connectivity index (χ4n) is 3.85. The second kappa shape index (κ2) is 14.5. The van der Waals surface area contributed by atoms with Gasteiger partial charge < -0.3 is 16.0 Å². The summed E-state index contributed by atoms with van der Waals surface area (Å²) in [5.74, 6) is -1.57. The van der Waals surface area contributed by atoms with E-state index >= 15 is 0 Å². The first-order chi connectivity index (χ1) is 20.0. The Hall–Kier alpha value is -2.97. The van der Waals surface area contributed by atoms with Gasteiger partial charge in [0.1, 0.15) is 0 Å². The fraction of sp³-hybridized carbons (Fsp3) is 0.100. The molecule has 4 aromatic carbocycles. The summed E-state index contributed by atoms with van der Waals surface area (Å²) in [6, 6.07) is 18.9. The Balaban J connectivity index is 1.56. The van der Waals surface area contributed by atoms with Crippen LogP contribution in [0.15, 0.2) is 72.8 Å². The van der Waals surface area contributed by atoms with E-state index in [2.05, 4.69) is 16.0 Å². The van der Waals surface area contributed by atoms with Crippen molar-refractivity contribution in [3.8, 4) is 0 Å². The molecule has 12 heteroatoms. The molecule has 0 aliphatic rings. The monoisotopic (exact) mass is 681 g/mol. The Morgan fingerprint density at radius 3 is 0.929 bits per heavy atom. The van der Waals surface area contributed by atoms with Crippen LogP contribution in [-0.4, -0.2) is 17.7 Å². The molecule has 0 aromatic heterocycles. The average molecular weight is 684 g/mol. The SMILES string of the molecule is O=C(NCc1ccc(Cl)cc1Cl)c1cc(C(=O)NCc2ccc(Cl)cc2Cl)cc(C(=O)NCc2ccc(Cl)cc2Cl)c1. The molecule has 0 fully saturated rings. The zero-order valence-electron chi connectivity index (χ0n) is 21.5. The molecule has 0 unspecified atom stereocenters. The van der Waals surface area contributed by atoms with Gasteiger partial charge in [-0.2, -0.15) is 0 Å². The molecule has 0 atom stereocenters. The summed E-state index contributed by atoms with van der Waals surface area (Å²) in [5, 5.41) is 10.8. The number of hydrogen-bond donors (Lipinski definition) is 3. The Labute approximate surface area is 272 Å². The zero-order valence-corrected chi connectivity index (χ0v) is 26.1. The third kappa shape index (κ3) is 8.54. The van der Waals surface area contributed by atoms with Gasteiger partial charge in [-0.15, -0.1) is 0 Å². The first-order valence-corrected chi connectivity index (χ1v) is 14.6. The fourth-order valence-corrected chi connectivity index (χ4v) is 5.27. The van der Waals surface area contributed by atoms with Crippen LogP contribution in [-0.2, 0) is 19.6 Å². The van der Waals surface area contributed by atoms with E-state index in [9.17, 15) is 14.4 Å². The predicted molar refractivity (Wildman–Crippen MR) is 169 cm³/mol. The van der Waals surface area contributed by atoms with Crippen molar-refractivity contribution in [1.82, 2.24) is 16.0 Å². The van der Waals surface area contributed by atoms with E-state index in [1.807, 2.05) is 0 Å². The van der Waals surface area contributed by atoms with E-state index in [4.69, 9.17) is 69.6 Å². The van der Waals surface area contributed by atoms with E-state index in [1.165, 1.54) is 18.2 Å². The molecule has 6 nitrogen and oxygen atoms in total. The van der Waals surface area contributed by atoms with Gasteiger partial charge in [0.05, 0.1) is 0 Å². The zero-order chi connectivity index (χ0) is 30.4. The van der Waals surface area contributed by atoms with Crippen LogP contribution in [0.2, 0.25) is 30.1 Å². The van der Waals surface area contributed by atoms with E-state index < -0.39 is 17.7 Å². The van der Waals surface area contributed by atoms with Crippen molar-refractivity contribution < 1.29 is 14.4 Å². The number of rotatable bonds is 9. The third-order valence-electron chi connectivity index (χ3n) is 6.08. The Morgan fingerprint density at radius 2 is 0.690 bits per heavy atom. The lowest BCUT2D eigenvalue weighted by molar-refractivity contribution is 0.0950. The van der Waals surface area contributed by atoms with Crippen LogP contribution in [0.4, 0.5) is 0 Å². The van der Waals surface area contributed by atoms with Gasteiger partial charge in [0.15, 0.2) is 0 Å². The van der Waals surface area contributed by atoms with Gasteiger partial charge >= 0.3 is 0 Å². The third-order valence-corrected chi connectivity index (χ3v) is 7.84. The summed E-state index contributed by atoms with van der Waals surface area (Å²) in [6.07, 6.45) is 0. The Bertz CT molecular complexity index is 1470. The van der Waals surface area contributed by atoms with Crippen LogP contribution in [0.1, 0.15) is 47.8 Å². The highest BCUT2D eigenvalue weighted by atomic mass is 35.5. The molecular formula is C30H21Cl6N3O3. The Morgan fingerprint density at radius 1 is 0.429 bits per heavy atom. The second-order valence-corrected chi connectivity index (χ2v) is 11.6. The number of halogens is 6. The van der Waals surface area contributed by atoms with Gasteiger partial charge in [-0.25, -0.2) is 0 Å². The van der Waals surface area contributed by atoms with Crippen molar-refractivity contribution in [3.63, 3.8) is 0 Å². The lowest BCUT2D eigenvalue weighted by atomic mass is 10.0. The lowest BCUT2D eigenvalue weighted by Gasteiger charge is -2.13. The maximum absolute atomic E-state index is 13.2. The topological polar surface area (TPSA) is 87.3 Å². The highest BCUT2D eigenvalue weighted by Crippen LogP contribution is 2.23. The van der Waals surface area contributed by atoms with Crippen LogP contribution in [0.25, 0.3) is 0 Å². The minimum absolute atomic E-state index is 0.0898. The normalized spacial score (nSPS) is 10.7. The quantitative estimate of drug-likeness (QED) is 0.166. The summed E-state index contributed by atoms with van der Waals surface area (Å²) < 4.78 is 0. The minimum atomic E-state index is -0.522. The van der Waals surface area contributed by atoms with E-state index in [-0.39, 0.29) is 36.3 Å². The van der Waals surface area contributed by atoms with Gasteiger partial charge in [0, 0.05) is 66.5 Å². The summed E-state index contributed by atoms with van der Waals surface area (Å²) >= 11 is 36.6. The highest BCUT2D eigenvalue weighted by Gasteiger charge is 2.18. The molecule has 4 rings (SSSR count). The number of hydrogen-bond acceptors (Lipinski definition) is 3. The number of carbonyl (C=O) groups is 3. The second-order valence-electron chi connectivity index (χ2n) is 9.05. The molecule has 0 radical (unpaired) electrons. The van der Waals surface area contributed by atoms with Crippen molar-refractivity contribution in [3.05, 3.63) is 136 Å². The molecule has 0 saturated heterocycles. The number of amides is 3. The first kappa shape index (κ1) is 32.0. The molecule has 0 aliphatic heterocycles. The molecule has 216 valence electrons. The van der Waals surface area contributed by atoms with Gasteiger partial charge in [0.25, 0.3) is 17.7 Å². The molecule has 0 bridgehead atoms. The van der Waals surface area contributed by atoms with Crippen LogP contribution in [0, 0.1) is 0 Å². The molecule has 0 heterocycles. The summed E-state index contributed by atoms with van der Waals surface area (Å²) in [4.78, 5) is 39.5. The number of carbonyl (C=O) groups excluding carboxylic acids is 3. The molecule has 0 aliphatic carbocycles. The largest absolute Gasteiger partial charge is 0.348 e. The van der Waals surface area contributed by atoms with Crippen LogP contribution >= 0.6 is 69.6 Å². The molecule has 0 spiro atoms.